The predicted molar refractivity (Wildman–Crippen MR) is 99.4 cm³/mol. The zero-order chi connectivity index (χ0) is 15.3. The smallest absolute Gasteiger partial charge is 0.123 e. The summed E-state index contributed by atoms with van der Waals surface area (Å²) >= 11 is 0. The average molecular weight is 296 g/mol. The number of hydrogen-bond donors (Lipinski definition) is 2. The molecule has 2 N–H and O–H groups in total. The molecule has 0 aliphatic heterocycles. The van der Waals surface area contributed by atoms with Crippen LogP contribution in [0.2, 0.25) is 0 Å². The molecule has 0 amide bonds. The van der Waals surface area contributed by atoms with Crippen LogP contribution >= 0.6 is 0 Å². The standard InChI is InChI=1S/C10H8O2.C3H8.2C2H6.2CH4/c11-9-5-6-10(12)8-4-2-1-3-7(8)9;1-3-2;2*1-2;;/h1-6,11-12H;3H2,1-2H3;2*1-2H3;2*1H4. The van der Waals surface area contributed by atoms with Gasteiger partial charge < -0.3 is 10.2 Å². The lowest BCUT2D eigenvalue weighted by Crippen LogP contribution is -1.73. The molecule has 0 saturated carbocycles. The van der Waals surface area contributed by atoms with Crippen molar-refractivity contribution < 1.29 is 10.2 Å². The molecule has 2 aromatic carbocycles. The molecule has 0 spiro atoms. The van der Waals surface area contributed by atoms with Gasteiger partial charge in [-0.25, -0.2) is 0 Å². The fourth-order valence-corrected chi connectivity index (χ4v) is 1.27. The molecule has 0 aliphatic rings. The summed E-state index contributed by atoms with van der Waals surface area (Å²) in [5.41, 5.74) is 0. The van der Waals surface area contributed by atoms with E-state index in [1.807, 2.05) is 39.8 Å². The number of fused-ring (bicyclic) bond motifs is 1. The van der Waals surface area contributed by atoms with Crippen molar-refractivity contribution in [1.29, 1.82) is 0 Å². The third kappa shape index (κ3) is 9.78. The van der Waals surface area contributed by atoms with Crippen LogP contribution in [0, 0.1) is 0 Å². The Bertz CT molecular complexity index is 396. The summed E-state index contributed by atoms with van der Waals surface area (Å²) in [5, 5.41) is 20.1. The highest BCUT2D eigenvalue weighted by Gasteiger charge is 2.01. The Morgan fingerprint density at radius 2 is 0.905 bits per heavy atom. The van der Waals surface area contributed by atoms with Crippen LogP contribution in [0.4, 0.5) is 0 Å². The zero-order valence-corrected chi connectivity index (χ0v) is 13.1. The molecule has 0 fully saturated rings. The van der Waals surface area contributed by atoms with Gasteiger partial charge in [0.1, 0.15) is 11.5 Å². The van der Waals surface area contributed by atoms with E-state index in [9.17, 15) is 10.2 Å². The van der Waals surface area contributed by atoms with E-state index in [0.29, 0.717) is 10.8 Å². The van der Waals surface area contributed by atoms with E-state index in [4.69, 9.17) is 0 Å². The Balaban J connectivity index is -0.000000141. The van der Waals surface area contributed by atoms with Gasteiger partial charge in [0.05, 0.1) is 0 Å². The van der Waals surface area contributed by atoms with Gasteiger partial charge in [-0.3, -0.25) is 0 Å². The van der Waals surface area contributed by atoms with Gasteiger partial charge in [0.2, 0.25) is 0 Å². The number of benzene rings is 2. The molecule has 124 valence electrons. The molecule has 2 heteroatoms. The first kappa shape index (κ1) is 27.6. The van der Waals surface area contributed by atoms with Gasteiger partial charge in [-0.15, -0.1) is 0 Å². The van der Waals surface area contributed by atoms with Crippen LogP contribution in [0.1, 0.15) is 62.8 Å². The Hall–Kier alpha value is -1.70. The van der Waals surface area contributed by atoms with Crippen molar-refractivity contribution in [2.75, 3.05) is 0 Å². The molecule has 21 heavy (non-hydrogen) atoms. The van der Waals surface area contributed by atoms with Crippen molar-refractivity contribution in [3.63, 3.8) is 0 Å². The van der Waals surface area contributed by atoms with Crippen LogP contribution in [0.3, 0.4) is 0 Å². The fraction of sp³-hybridized carbons (Fsp3) is 0.474. The zero-order valence-electron chi connectivity index (χ0n) is 13.1. The molecule has 0 atom stereocenters. The summed E-state index contributed by atoms with van der Waals surface area (Å²) in [7, 11) is 0. The van der Waals surface area contributed by atoms with Crippen LogP contribution in [0.15, 0.2) is 36.4 Å². The molecule has 2 aromatic rings. The molecule has 0 saturated heterocycles. The van der Waals surface area contributed by atoms with Crippen LogP contribution in [-0.4, -0.2) is 10.2 Å². The van der Waals surface area contributed by atoms with E-state index in [-0.39, 0.29) is 26.4 Å². The molecule has 0 radical (unpaired) electrons. The van der Waals surface area contributed by atoms with Gasteiger partial charge in [-0.2, -0.15) is 0 Å². The van der Waals surface area contributed by atoms with E-state index in [2.05, 4.69) is 13.8 Å². The molecule has 0 aromatic heterocycles. The minimum absolute atomic E-state index is 0. The van der Waals surface area contributed by atoms with Crippen LogP contribution in [-0.2, 0) is 0 Å². The second kappa shape index (κ2) is 18.3. The lowest BCUT2D eigenvalue weighted by molar-refractivity contribution is 0.469. The van der Waals surface area contributed by atoms with E-state index in [1.165, 1.54) is 18.6 Å². The normalized spacial score (nSPS) is 7.33. The van der Waals surface area contributed by atoms with Crippen molar-refractivity contribution in [2.24, 2.45) is 0 Å². The van der Waals surface area contributed by atoms with Crippen molar-refractivity contribution in [2.45, 2.75) is 62.8 Å². The summed E-state index contributed by atoms with van der Waals surface area (Å²) in [6.07, 6.45) is 1.25. The van der Waals surface area contributed by atoms with Gasteiger partial charge >= 0.3 is 0 Å². The Labute approximate surface area is 132 Å². The summed E-state index contributed by atoms with van der Waals surface area (Å²) in [6.45, 7) is 12.2. The lowest BCUT2D eigenvalue weighted by atomic mass is 10.1. The largest absolute Gasteiger partial charge is 0.507 e. The second-order valence-electron chi connectivity index (χ2n) is 3.36. The Kier molecular flexibility index (Phi) is 24.1. The van der Waals surface area contributed by atoms with Gasteiger partial charge in [-0.05, 0) is 12.1 Å². The van der Waals surface area contributed by atoms with E-state index < -0.39 is 0 Å². The minimum Gasteiger partial charge on any atom is -0.507 e. The minimum atomic E-state index is 0. The number of phenolic OH excluding ortho intramolecular Hbond substituents is 2. The number of aromatic hydroxyl groups is 2. The highest BCUT2D eigenvalue weighted by molar-refractivity contribution is 5.92. The first-order valence-electron chi connectivity index (χ1n) is 7.10. The summed E-state index contributed by atoms with van der Waals surface area (Å²) in [6, 6.07) is 10.1. The van der Waals surface area contributed by atoms with Crippen molar-refractivity contribution in [3.05, 3.63) is 36.4 Å². The maximum absolute atomic E-state index is 9.38. The third-order valence-corrected chi connectivity index (χ3v) is 1.88. The molecule has 0 unspecified atom stereocenters. The quantitative estimate of drug-likeness (QED) is 0.514. The molecule has 2 nitrogen and oxygen atoms in total. The Morgan fingerprint density at radius 3 is 1.14 bits per heavy atom. The van der Waals surface area contributed by atoms with Crippen LogP contribution in [0.25, 0.3) is 10.8 Å². The van der Waals surface area contributed by atoms with Gasteiger partial charge in [0.15, 0.2) is 0 Å². The Morgan fingerprint density at radius 1 is 0.667 bits per heavy atom. The molecule has 0 aliphatic carbocycles. The molecule has 0 heterocycles. The monoisotopic (exact) mass is 296 g/mol. The molecule has 0 bridgehead atoms. The van der Waals surface area contributed by atoms with Crippen molar-refractivity contribution >= 4 is 10.8 Å². The molecular formula is C19H36O2. The van der Waals surface area contributed by atoms with Gasteiger partial charge in [0.25, 0.3) is 0 Å². The van der Waals surface area contributed by atoms with Crippen LogP contribution in [0.5, 0.6) is 11.5 Å². The third-order valence-electron chi connectivity index (χ3n) is 1.88. The maximum atomic E-state index is 9.38. The maximum Gasteiger partial charge on any atom is 0.123 e. The summed E-state index contributed by atoms with van der Waals surface area (Å²) < 4.78 is 0. The molecular weight excluding hydrogens is 260 g/mol. The number of rotatable bonds is 0. The van der Waals surface area contributed by atoms with Gasteiger partial charge in [-0.1, -0.05) is 87.1 Å². The number of phenols is 2. The summed E-state index contributed by atoms with van der Waals surface area (Å²) in [4.78, 5) is 0. The molecule has 2 rings (SSSR count). The second-order valence-corrected chi connectivity index (χ2v) is 3.36. The first-order valence-corrected chi connectivity index (χ1v) is 7.10. The van der Waals surface area contributed by atoms with Gasteiger partial charge in [0, 0.05) is 10.8 Å². The summed E-state index contributed by atoms with van der Waals surface area (Å²) in [5.74, 6) is 0.395. The highest BCUT2D eigenvalue weighted by atomic mass is 16.3. The lowest BCUT2D eigenvalue weighted by Gasteiger charge is -2.01. The van der Waals surface area contributed by atoms with Crippen molar-refractivity contribution in [1.82, 2.24) is 0 Å². The topological polar surface area (TPSA) is 40.5 Å². The van der Waals surface area contributed by atoms with E-state index >= 15 is 0 Å². The van der Waals surface area contributed by atoms with E-state index in [0.717, 1.165) is 0 Å². The van der Waals surface area contributed by atoms with Crippen LogP contribution < -0.4 is 0 Å². The van der Waals surface area contributed by atoms with E-state index in [1.54, 1.807) is 12.1 Å². The fourth-order valence-electron chi connectivity index (χ4n) is 1.27. The number of hydrogen-bond acceptors (Lipinski definition) is 2. The first-order chi connectivity index (χ1) is 9.20. The SMILES string of the molecule is C.C.CC.CC.CCC.Oc1ccc(O)c2ccccc12. The van der Waals surface area contributed by atoms with Crippen molar-refractivity contribution in [3.8, 4) is 11.5 Å². The average Bonchev–Trinajstić information content (AvgIpc) is 2.48. The predicted octanol–water partition coefficient (Wildman–Crippen LogP) is 6.99. The highest BCUT2D eigenvalue weighted by Crippen LogP contribution is 2.30.